The molecule has 2 heterocycles. The molecule has 1 amide bonds. The molecule has 7 heteroatoms. The second kappa shape index (κ2) is 12.3. The van der Waals surface area contributed by atoms with Gasteiger partial charge in [-0.3, -0.25) is 9.79 Å². The van der Waals surface area contributed by atoms with E-state index in [4.69, 9.17) is 4.74 Å². The number of halogens is 1. The van der Waals surface area contributed by atoms with Crippen molar-refractivity contribution >= 4 is 35.8 Å². The Morgan fingerprint density at radius 2 is 2.11 bits per heavy atom. The molecule has 2 aliphatic heterocycles. The minimum Gasteiger partial charge on any atom is -0.378 e. The van der Waals surface area contributed by atoms with E-state index in [-0.39, 0.29) is 29.9 Å². The zero-order chi connectivity index (χ0) is 18.9. The standard InChI is InChI=1S/C21H32N4O2.HI/c1-22-21(23-11-9-19-8-5-13-27-19)24-15-18-14-20(26)25(16-18)12-10-17-6-3-2-4-7-17;/h2-4,6-7,18-19H,5,8-16H2,1H3,(H2,22,23,24);1H. The van der Waals surface area contributed by atoms with E-state index < -0.39 is 0 Å². The molecule has 3 rings (SSSR count). The van der Waals surface area contributed by atoms with Crippen LogP contribution >= 0.6 is 24.0 Å². The molecular formula is C21H33IN4O2. The van der Waals surface area contributed by atoms with E-state index in [1.165, 1.54) is 12.0 Å². The summed E-state index contributed by atoms with van der Waals surface area (Å²) in [6.45, 7) is 4.15. The first-order valence-electron chi connectivity index (χ1n) is 10.1. The average molecular weight is 500 g/mol. The van der Waals surface area contributed by atoms with Crippen molar-refractivity contribution < 1.29 is 9.53 Å². The molecule has 0 saturated carbocycles. The Balaban J connectivity index is 0.00000280. The Morgan fingerprint density at radius 3 is 2.82 bits per heavy atom. The van der Waals surface area contributed by atoms with Crippen molar-refractivity contribution in [2.75, 3.05) is 39.8 Å². The second-order valence-electron chi connectivity index (χ2n) is 7.45. The second-order valence-corrected chi connectivity index (χ2v) is 7.45. The summed E-state index contributed by atoms with van der Waals surface area (Å²) in [5, 5.41) is 6.72. The average Bonchev–Trinajstić information content (AvgIpc) is 3.33. The molecule has 156 valence electrons. The minimum absolute atomic E-state index is 0. The molecule has 1 aromatic rings. The van der Waals surface area contributed by atoms with Gasteiger partial charge in [0.25, 0.3) is 0 Å². The number of nitrogens with one attached hydrogen (secondary N) is 2. The molecule has 0 bridgehead atoms. The van der Waals surface area contributed by atoms with Gasteiger partial charge >= 0.3 is 0 Å². The predicted octanol–water partition coefficient (Wildman–Crippen LogP) is 2.43. The fourth-order valence-corrected chi connectivity index (χ4v) is 3.80. The zero-order valence-corrected chi connectivity index (χ0v) is 19.1. The van der Waals surface area contributed by atoms with Gasteiger partial charge in [-0.05, 0) is 31.2 Å². The van der Waals surface area contributed by atoms with Gasteiger partial charge in [-0.1, -0.05) is 30.3 Å². The lowest BCUT2D eigenvalue weighted by molar-refractivity contribution is -0.127. The molecule has 2 atom stereocenters. The SMILES string of the molecule is CN=C(NCCC1CCCO1)NCC1CC(=O)N(CCc2ccccc2)C1.I. The van der Waals surface area contributed by atoms with Gasteiger partial charge in [0, 0.05) is 52.2 Å². The number of nitrogens with zero attached hydrogens (tertiary/aromatic N) is 2. The highest BCUT2D eigenvalue weighted by Crippen LogP contribution is 2.18. The van der Waals surface area contributed by atoms with Crippen LogP contribution in [0.15, 0.2) is 35.3 Å². The van der Waals surface area contributed by atoms with Crippen LogP contribution in [-0.4, -0.2) is 62.7 Å². The summed E-state index contributed by atoms with van der Waals surface area (Å²) >= 11 is 0. The van der Waals surface area contributed by atoms with Gasteiger partial charge in [0.05, 0.1) is 6.10 Å². The summed E-state index contributed by atoms with van der Waals surface area (Å²) in [6.07, 6.45) is 5.27. The highest BCUT2D eigenvalue weighted by Gasteiger charge is 2.29. The van der Waals surface area contributed by atoms with Gasteiger partial charge in [0.2, 0.25) is 5.91 Å². The van der Waals surface area contributed by atoms with Crippen LogP contribution in [0.2, 0.25) is 0 Å². The van der Waals surface area contributed by atoms with Crippen LogP contribution in [0.3, 0.4) is 0 Å². The van der Waals surface area contributed by atoms with Crippen LogP contribution in [0.25, 0.3) is 0 Å². The molecule has 2 N–H and O–H groups in total. The van der Waals surface area contributed by atoms with E-state index in [1.54, 1.807) is 7.05 Å². The van der Waals surface area contributed by atoms with Crippen molar-refractivity contribution in [1.29, 1.82) is 0 Å². The number of likely N-dealkylation sites (tertiary alicyclic amines) is 1. The summed E-state index contributed by atoms with van der Waals surface area (Å²) in [5.74, 6) is 1.41. The molecule has 2 aliphatic rings. The third-order valence-corrected chi connectivity index (χ3v) is 5.37. The fourth-order valence-electron chi connectivity index (χ4n) is 3.80. The minimum atomic E-state index is 0. The van der Waals surface area contributed by atoms with Crippen LogP contribution in [0.1, 0.15) is 31.2 Å². The molecule has 2 unspecified atom stereocenters. The van der Waals surface area contributed by atoms with Crippen molar-refractivity contribution in [1.82, 2.24) is 15.5 Å². The van der Waals surface area contributed by atoms with Crippen molar-refractivity contribution in [3.63, 3.8) is 0 Å². The molecule has 2 saturated heterocycles. The van der Waals surface area contributed by atoms with Crippen LogP contribution in [-0.2, 0) is 16.0 Å². The Kier molecular flexibility index (Phi) is 10.0. The van der Waals surface area contributed by atoms with Gasteiger partial charge in [0.15, 0.2) is 5.96 Å². The lowest BCUT2D eigenvalue weighted by atomic mass is 10.1. The Bertz CT molecular complexity index is 620. The number of hydrogen-bond acceptors (Lipinski definition) is 3. The van der Waals surface area contributed by atoms with E-state index in [1.807, 2.05) is 23.1 Å². The van der Waals surface area contributed by atoms with E-state index in [9.17, 15) is 4.79 Å². The molecule has 1 aromatic carbocycles. The molecule has 28 heavy (non-hydrogen) atoms. The summed E-state index contributed by atoms with van der Waals surface area (Å²) < 4.78 is 5.64. The maximum absolute atomic E-state index is 12.3. The van der Waals surface area contributed by atoms with Gasteiger partial charge in [0.1, 0.15) is 0 Å². The third kappa shape index (κ3) is 7.24. The van der Waals surface area contributed by atoms with Crippen LogP contribution in [0.4, 0.5) is 0 Å². The normalized spacial score (nSPS) is 22.2. The van der Waals surface area contributed by atoms with Crippen molar-refractivity contribution in [2.24, 2.45) is 10.9 Å². The number of carbonyl (C=O) groups excluding carboxylic acids is 1. The van der Waals surface area contributed by atoms with Gasteiger partial charge in [-0.25, -0.2) is 0 Å². The van der Waals surface area contributed by atoms with Gasteiger partial charge in [-0.15, -0.1) is 24.0 Å². The fraction of sp³-hybridized carbons (Fsp3) is 0.619. The molecule has 0 spiro atoms. The first-order valence-corrected chi connectivity index (χ1v) is 10.1. The Morgan fingerprint density at radius 1 is 1.29 bits per heavy atom. The molecular weight excluding hydrogens is 467 g/mol. The van der Waals surface area contributed by atoms with E-state index in [0.29, 0.717) is 18.4 Å². The number of hydrogen-bond donors (Lipinski definition) is 2. The van der Waals surface area contributed by atoms with Crippen molar-refractivity contribution in [2.45, 2.75) is 38.2 Å². The first kappa shape index (κ1) is 22.9. The highest BCUT2D eigenvalue weighted by molar-refractivity contribution is 14.0. The van der Waals surface area contributed by atoms with Crippen LogP contribution < -0.4 is 10.6 Å². The monoisotopic (exact) mass is 500 g/mol. The topological polar surface area (TPSA) is 66.0 Å². The number of ether oxygens (including phenoxy) is 1. The van der Waals surface area contributed by atoms with Crippen molar-refractivity contribution in [3.05, 3.63) is 35.9 Å². The lowest BCUT2D eigenvalue weighted by Crippen LogP contribution is -2.41. The molecule has 0 aromatic heterocycles. The van der Waals surface area contributed by atoms with E-state index >= 15 is 0 Å². The maximum Gasteiger partial charge on any atom is 0.223 e. The Hall–Kier alpha value is -1.35. The van der Waals surface area contributed by atoms with E-state index in [0.717, 1.165) is 58.0 Å². The number of carbonyl (C=O) groups is 1. The number of amides is 1. The number of aliphatic imine (C=N–C) groups is 1. The third-order valence-electron chi connectivity index (χ3n) is 5.37. The molecule has 2 fully saturated rings. The Labute approximate surface area is 185 Å². The molecule has 6 nitrogen and oxygen atoms in total. The number of benzene rings is 1. The van der Waals surface area contributed by atoms with Crippen LogP contribution in [0.5, 0.6) is 0 Å². The first-order chi connectivity index (χ1) is 13.2. The number of guanidine groups is 1. The summed E-state index contributed by atoms with van der Waals surface area (Å²) in [4.78, 5) is 18.6. The van der Waals surface area contributed by atoms with Gasteiger partial charge in [-0.2, -0.15) is 0 Å². The largest absolute Gasteiger partial charge is 0.378 e. The van der Waals surface area contributed by atoms with E-state index in [2.05, 4.69) is 27.8 Å². The quantitative estimate of drug-likeness (QED) is 0.327. The summed E-state index contributed by atoms with van der Waals surface area (Å²) in [5.41, 5.74) is 1.28. The lowest BCUT2D eigenvalue weighted by Gasteiger charge is -2.18. The zero-order valence-electron chi connectivity index (χ0n) is 16.7. The van der Waals surface area contributed by atoms with Crippen LogP contribution in [0, 0.1) is 5.92 Å². The predicted molar refractivity (Wildman–Crippen MR) is 123 cm³/mol. The summed E-state index contributed by atoms with van der Waals surface area (Å²) in [6, 6.07) is 10.3. The molecule has 0 aliphatic carbocycles. The molecule has 0 radical (unpaired) electrons. The van der Waals surface area contributed by atoms with Crippen molar-refractivity contribution in [3.8, 4) is 0 Å². The van der Waals surface area contributed by atoms with Gasteiger partial charge < -0.3 is 20.3 Å². The smallest absolute Gasteiger partial charge is 0.223 e. The summed E-state index contributed by atoms with van der Waals surface area (Å²) in [7, 11) is 1.79. The highest BCUT2D eigenvalue weighted by atomic mass is 127. The maximum atomic E-state index is 12.3. The number of rotatable bonds is 8.